The zero-order valence-corrected chi connectivity index (χ0v) is 11.6. The van der Waals surface area contributed by atoms with E-state index in [0.717, 1.165) is 0 Å². The van der Waals surface area contributed by atoms with Gasteiger partial charge >= 0.3 is 5.97 Å². The van der Waals surface area contributed by atoms with Crippen molar-refractivity contribution in [1.29, 1.82) is 0 Å². The summed E-state index contributed by atoms with van der Waals surface area (Å²) in [6.45, 7) is 1.57. The van der Waals surface area contributed by atoms with Crippen molar-refractivity contribution in [2.45, 2.75) is 18.2 Å². The number of carboxylic acid groups (broad SMARTS) is 1. The minimum absolute atomic E-state index is 0.0774. The Morgan fingerprint density at radius 2 is 1.95 bits per heavy atom. The van der Waals surface area contributed by atoms with E-state index in [-0.39, 0.29) is 11.4 Å². The number of carbonyl (C=O) groups is 1. The summed E-state index contributed by atoms with van der Waals surface area (Å²) in [5.41, 5.74) is 0. The molecule has 0 saturated heterocycles. The van der Waals surface area contributed by atoms with Gasteiger partial charge in [0.2, 0.25) is 10.0 Å². The molecule has 2 N–H and O–H groups in total. The number of hydrogen-bond acceptors (Lipinski definition) is 4. The van der Waals surface area contributed by atoms with Gasteiger partial charge in [-0.3, -0.25) is 4.79 Å². The molecule has 0 aliphatic carbocycles. The van der Waals surface area contributed by atoms with E-state index in [1.165, 1.54) is 31.4 Å². The third-order valence-corrected chi connectivity index (χ3v) is 4.17. The first-order valence-corrected chi connectivity index (χ1v) is 7.25. The summed E-state index contributed by atoms with van der Waals surface area (Å²) < 4.78 is 31.1. The minimum atomic E-state index is -3.69. The molecule has 1 aromatic rings. The highest BCUT2D eigenvalue weighted by molar-refractivity contribution is 7.89. The number of ether oxygens (including phenoxy) is 1. The van der Waals surface area contributed by atoms with Crippen LogP contribution in [0.25, 0.3) is 0 Å². The van der Waals surface area contributed by atoms with Crippen molar-refractivity contribution < 1.29 is 23.1 Å². The first-order valence-electron chi connectivity index (χ1n) is 5.77. The first-order chi connectivity index (χ1) is 8.90. The lowest BCUT2D eigenvalue weighted by atomic mass is 10.1. The van der Waals surface area contributed by atoms with Crippen LogP contribution < -0.4 is 9.46 Å². The quantitative estimate of drug-likeness (QED) is 0.783. The summed E-state index contributed by atoms with van der Waals surface area (Å²) >= 11 is 0. The van der Waals surface area contributed by atoms with E-state index in [2.05, 4.69) is 4.72 Å². The predicted octanol–water partition coefficient (Wildman–Crippen LogP) is 1.08. The molecule has 0 amide bonds. The van der Waals surface area contributed by atoms with E-state index < -0.39 is 21.9 Å². The molecule has 1 aromatic carbocycles. The third-order valence-electron chi connectivity index (χ3n) is 2.73. The largest absolute Gasteiger partial charge is 0.497 e. The number of carboxylic acids is 1. The summed E-state index contributed by atoms with van der Waals surface area (Å²) in [6.07, 6.45) is 0.362. The molecule has 0 bridgehead atoms. The zero-order chi connectivity index (χ0) is 14.5. The number of rotatable bonds is 7. The highest BCUT2D eigenvalue weighted by atomic mass is 32.2. The lowest BCUT2D eigenvalue weighted by molar-refractivity contribution is -0.141. The molecule has 1 unspecified atom stereocenters. The molecule has 0 radical (unpaired) electrons. The Labute approximate surface area is 112 Å². The van der Waals surface area contributed by atoms with Crippen LogP contribution in [0, 0.1) is 5.92 Å². The fourth-order valence-corrected chi connectivity index (χ4v) is 2.54. The molecular formula is C12H17NO5S. The number of aliphatic carboxylic acids is 1. The number of benzene rings is 1. The van der Waals surface area contributed by atoms with Crippen LogP contribution in [-0.2, 0) is 14.8 Å². The summed E-state index contributed by atoms with van der Waals surface area (Å²) in [5.74, 6) is -1.19. The van der Waals surface area contributed by atoms with Crippen molar-refractivity contribution in [1.82, 2.24) is 4.72 Å². The van der Waals surface area contributed by atoms with Gasteiger partial charge in [0.25, 0.3) is 0 Å². The fraction of sp³-hybridized carbons (Fsp3) is 0.417. The van der Waals surface area contributed by atoms with Crippen molar-refractivity contribution in [3.8, 4) is 5.75 Å². The maximum absolute atomic E-state index is 11.9. The molecule has 0 fully saturated rings. The van der Waals surface area contributed by atoms with Crippen molar-refractivity contribution >= 4 is 16.0 Å². The SMILES string of the molecule is CCC(CNS(=O)(=O)c1ccc(OC)cc1)C(=O)O. The van der Waals surface area contributed by atoms with E-state index >= 15 is 0 Å². The average Bonchev–Trinajstić information content (AvgIpc) is 2.39. The van der Waals surface area contributed by atoms with Gasteiger partial charge in [0, 0.05) is 6.54 Å². The van der Waals surface area contributed by atoms with Crippen LogP contribution in [0.5, 0.6) is 5.75 Å². The molecule has 0 aliphatic heterocycles. The van der Waals surface area contributed by atoms with E-state index in [1.807, 2.05) is 0 Å². The maximum atomic E-state index is 11.9. The Kier molecular flexibility index (Phi) is 5.31. The van der Waals surface area contributed by atoms with E-state index in [0.29, 0.717) is 12.2 Å². The number of sulfonamides is 1. The van der Waals surface area contributed by atoms with Crippen LogP contribution in [0.15, 0.2) is 29.2 Å². The number of hydrogen-bond donors (Lipinski definition) is 2. The second-order valence-corrected chi connectivity index (χ2v) is 5.74. The molecule has 1 atom stereocenters. The molecule has 0 aromatic heterocycles. The molecule has 0 aliphatic rings. The van der Waals surface area contributed by atoms with Crippen LogP contribution in [-0.4, -0.2) is 33.1 Å². The smallest absolute Gasteiger partial charge is 0.307 e. The van der Waals surface area contributed by atoms with Crippen LogP contribution in [0.4, 0.5) is 0 Å². The molecule has 0 heterocycles. The molecule has 0 saturated carbocycles. The monoisotopic (exact) mass is 287 g/mol. The minimum Gasteiger partial charge on any atom is -0.497 e. The highest BCUT2D eigenvalue weighted by Crippen LogP contribution is 2.15. The van der Waals surface area contributed by atoms with Gasteiger partial charge in [0.05, 0.1) is 17.9 Å². The molecule has 6 nitrogen and oxygen atoms in total. The lowest BCUT2D eigenvalue weighted by Gasteiger charge is -2.11. The third kappa shape index (κ3) is 4.22. The Hall–Kier alpha value is -1.60. The van der Waals surface area contributed by atoms with E-state index in [1.54, 1.807) is 6.92 Å². The van der Waals surface area contributed by atoms with Crippen LogP contribution in [0.2, 0.25) is 0 Å². The van der Waals surface area contributed by atoms with Gasteiger partial charge < -0.3 is 9.84 Å². The van der Waals surface area contributed by atoms with E-state index in [9.17, 15) is 13.2 Å². The summed E-state index contributed by atoms with van der Waals surface area (Å²) in [6, 6.07) is 5.87. The fourth-order valence-electron chi connectivity index (χ4n) is 1.45. The van der Waals surface area contributed by atoms with Crippen molar-refractivity contribution in [2.75, 3.05) is 13.7 Å². The normalized spacial score (nSPS) is 12.9. The van der Waals surface area contributed by atoms with Gasteiger partial charge in [0.1, 0.15) is 5.75 Å². The molecule has 1 rings (SSSR count). The number of methoxy groups -OCH3 is 1. The average molecular weight is 287 g/mol. The first kappa shape index (κ1) is 15.5. The van der Waals surface area contributed by atoms with Gasteiger partial charge in [-0.05, 0) is 30.7 Å². The van der Waals surface area contributed by atoms with Crippen molar-refractivity contribution in [2.24, 2.45) is 5.92 Å². The van der Waals surface area contributed by atoms with Crippen molar-refractivity contribution in [3.63, 3.8) is 0 Å². The molecule has 0 spiro atoms. The van der Waals surface area contributed by atoms with Gasteiger partial charge in [-0.2, -0.15) is 0 Å². The van der Waals surface area contributed by atoms with Crippen LogP contribution in [0.3, 0.4) is 0 Å². The summed E-state index contributed by atoms with van der Waals surface area (Å²) in [4.78, 5) is 10.9. The Morgan fingerprint density at radius 3 is 2.37 bits per heavy atom. The van der Waals surface area contributed by atoms with Gasteiger partial charge in [0.15, 0.2) is 0 Å². The van der Waals surface area contributed by atoms with Gasteiger partial charge in [-0.1, -0.05) is 6.92 Å². The second kappa shape index (κ2) is 6.53. The van der Waals surface area contributed by atoms with E-state index in [4.69, 9.17) is 9.84 Å². The number of nitrogens with one attached hydrogen (secondary N) is 1. The zero-order valence-electron chi connectivity index (χ0n) is 10.8. The Morgan fingerprint density at radius 1 is 1.37 bits per heavy atom. The van der Waals surface area contributed by atoms with Crippen molar-refractivity contribution in [3.05, 3.63) is 24.3 Å². The molecule has 106 valence electrons. The van der Waals surface area contributed by atoms with Gasteiger partial charge in [-0.15, -0.1) is 0 Å². The van der Waals surface area contributed by atoms with Crippen LogP contribution >= 0.6 is 0 Å². The summed E-state index contributed by atoms with van der Waals surface area (Å²) in [5, 5.41) is 8.86. The maximum Gasteiger partial charge on any atom is 0.307 e. The van der Waals surface area contributed by atoms with Gasteiger partial charge in [-0.25, -0.2) is 13.1 Å². The standard InChI is InChI=1S/C12H17NO5S/c1-3-9(12(14)15)8-13-19(16,17)11-6-4-10(18-2)5-7-11/h4-7,9,13H,3,8H2,1-2H3,(H,14,15). The highest BCUT2D eigenvalue weighted by Gasteiger charge is 2.20. The molecule has 19 heavy (non-hydrogen) atoms. The molecular weight excluding hydrogens is 270 g/mol. The summed E-state index contributed by atoms with van der Waals surface area (Å²) in [7, 11) is -2.21. The lowest BCUT2D eigenvalue weighted by Crippen LogP contribution is -2.32. The Balaban J connectivity index is 2.77. The molecule has 7 heteroatoms. The Bertz CT molecular complexity index is 524. The predicted molar refractivity (Wildman–Crippen MR) is 69.6 cm³/mol. The topological polar surface area (TPSA) is 92.7 Å². The second-order valence-electron chi connectivity index (χ2n) is 3.97. The van der Waals surface area contributed by atoms with Crippen LogP contribution in [0.1, 0.15) is 13.3 Å².